The van der Waals surface area contributed by atoms with E-state index in [0.717, 1.165) is 16.7 Å². The molecule has 0 saturated carbocycles. The number of nitrogens with zero attached hydrogens (tertiary/aromatic N) is 2. The average Bonchev–Trinajstić information content (AvgIpc) is 3.16. The highest BCUT2D eigenvalue weighted by Gasteiger charge is 2.40. The van der Waals surface area contributed by atoms with Crippen LogP contribution >= 0.6 is 11.3 Å². The minimum atomic E-state index is -1.25. The molecule has 1 heterocycles. The highest BCUT2D eigenvalue weighted by atomic mass is 32.1. The Balaban J connectivity index is 1.96. The fourth-order valence-electron chi connectivity index (χ4n) is 3.61. The van der Waals surface area contributed by atoms with Crippen molar-refractivity contribution in [2.24, 2.45) is 5.16 Å². The number of thiazole rings is 1. The molecule has 0 amide bonds. The first kappa shape index (κ1) is 21.3. The standard InChI is InChI=1S/C25H21N3O3S/c1-17-21(27-24(26)32-17)22(23(29)30)28-31-25(18-11-5-2-6-12-18,19-13-7-3-8-14-19)20-15-9-4-10-16-20/h2-16H,1H3,(H2,26,27)(H,29,30)/b28-22-. The second-order valence-electron chi connectivity index (χ2n) is 7.07. The maximum absolute atomic E-state index is 12.1. The Morgan fingerprint density at radius 2 is 1.34 bits per heavy atom. The number of benzene rings is 3. The van der Waals surface area contributed by atoms with E-state index < -0.39 is 11.6 Å². The van der Waals surface area contributed by atoms with E-state index in [2.05, 4.69) is 10.1 Å². The van der Waals surface area contributed by atoms with Crippen LogP contribution in [0.5, 0.6) is 0 Å². The molecule has 3 aromatic carbocycles. The Bertz CT molecular complexity index is 1140. The third-order valence-corrected chi connectivity index (χ3v) is 5.85. The molecule has 0 aliphatic rings. The van der Waals surface area contributed by atoms with E-state index in [0.29, 0.717) is 4.88 Å². The van der Waals surface area contributed by atoms with Crippen LogP contribution in [0.3, 0.4) is 0 Å². The van der Waals surface area contributed by atoms with Crippen molar-refractivity contribution in [3.8, 4) is 0 Å². The summed E-state index contributed by atoms with van der Waals surface area (Å²) in [6.07, 6.45) is 0. The lowest BCUT2D eigenvalue weighted by Gasteiger charge is -2.33. The summed E-state index contributed by atoms with van der Waals surface area (Å²) >= 11 is 1.20. The molecule has 0 spiro atoms. The highest BCUT2D eigenvalue weighted by Crippen LogP contribution is 2.40. The van der Waals surface area contributed by atoms with Gasteiger partial charge in [0.1, 0.15) is 5.69 Å². The van der Waals surface area contributed by atoms with Gasteiger partial charge in [-0.1, -0.05) is 96.2 Å². The quantitative estimate of drug-likeness (QED) is 0.242. The molecular weight excluding hydrogens is 422 g/mol. The number of carboxylic acids is 1. The number of aliphatic carboxylic acids is 1. The van der Waals surface area contributed by atoms with Gasteiger partial charge in [-0.25, -0.2) is 9.78 Å². The lowest BCUT2D eigenvalue weighted by Crippen LogP contribution is -2.32. The molecule has 7 heteroatoms. The minimum absolute atomic E-state index is 0.197. The van der Waals surface area contributed by atoms with Gasteiger partial charge in [0.05, 0.1) is 0 Å². The number of rotatable bonds is 7. The summed E-state index contributed by atoms with van der Waals surface area (Å²) in [5, 5.41) is 14.3. The van der Waals surface area contributed by atoms with Crippen molar-refractivity contribution in [2.75, 3.05) is 5.73 Å². The number of nitrogen functional groups attached to an aromatic ring is 1. The average molecular weight is 444 g/mol. The van der Waals surface area contributed by atoms with Crippen LogP contribution in [0.1, 0.15) is 27.3 Å². The summed E-state index contributed by atoms with van der Waals surface area (Å²) in [5.74, 6) is -1.25. The normalized spacial score (nSPS) is 11.8. The minimum Gasteiger partial charge on any atom is -0.476 e. The van der Waals surface area contributed by atoms with Gasteiger partial charge in [0.25, 0.3) is 0 Å². The molecule has 0 aliphatic heterocycles. The first-order valence-electron chi connectivity index (χ1n) is 9.91. The molecule has 4 aromatic rings. The van der Waals surface area contributed by atoms with Crippen LogP contribution in [-0.2, 0) is 15.2 Å². The first-order chi connectivity index (χ1) is 15.5. The predicted octanol–water partition coefficient (Wildman–Crippen LogP) is 4.83. The van der Waals surface area contributed by atoms with Crippen molar-refractivity contribution in [1.82, 2.24) is 4.98 Å². The van der Waals surface area contributed by atoms with E-state index in [1.54, 1.807) is 6.92 Å². The Morgan fingerprint density at radius 1 is 0.906 bits per heavy atom. The van der Waals surface area contributed by atoms with Crippen LogP contribution in [0.4, 0.5) is 5.13 Å². The Morgan fingerprint density at radius 3 is 1.69 bits per heavy atom. The van der Waals surface area contributed by atoms with Crippen molar-refractivity contribution in [3.05, 3.63) is 118 Å². The van der Waals surface area contributed by atoms with Crippen molar-refractivity contribution >= 4 is 28.1 Å². The van der Waals surface area contributed by atoms with Gasteiger partial charge >= 0.3 is 5.97 Å². The van der Waals surface area contributed by atoms with E-state index in [9.17, 15) is 9.90 Å². The Kier molecular flexibility index (Phi) is 6.00. The van der Waals surface area contributed by atoms with Crippen LogP contribution in [-0.4, -0.2) is 21.8 Å². The zero-order valence-electron chi connectivity index (χ0n) is 17.3. The molecule has 0 atom stereocenters. The summed E-state index contributed by atoms with van der Waals surface area (Å²) < 4.78 is 0. The van der Waals surface area contributed by atoms with Gasteiger partial charge in [-0.15, -0.1) is 11.3 Å². The lowest BCUT2D eigenvalue weighted by atomic mass is 9.80. The summed E-state index contributed by atoms with van der Waals surface area (Å²) in [6.45, 7) is 1.75. The molecule has 6 nitrogen and oxygen atoms in total. The van der Waals surface area contributed by atoms with Gasteiger partial charge in [0, 0.05) is 21.6 Å². The fourth-order valence-corrected chi connectivity index (χ4v) is 4.30. The predicted molar refractivity (Wildman–Crippen MR) is 126 cm³/mol. The molecule has 3 N–H and O–H groups in total. The van der Waals surface area contributed by atoms with Gasteiger partial charge in [-0.3, -0.25) is 0 Å². The number of anilines is 1. The molecule has 32 heavy (non-hydrogen) atoms. The molecule has 0 saturated heterocycles. The zero-order valence-corrected chi connectivity index (χ0v) is 18.1. The molecule has 0 bridgehead atoms. The number of nitrogens with two attached hydrogens (primary N) is 1. The maximum Gasteiger partial charge on any atom is 0.360 e. The van der Waals surface area contributed by atoms with Crippen LogP contribution in [0.25, 0.3) is 0 Å². The van der Waals surface area contributed by atoms with Crippen LogP contribution in [0.2, 0.25) is 0 Å². The largest absolute Gasteiger partial charge is 0.476 e. The second kappa shape index (κ2) is 9.03. The molecule has 160 valence electrons. The third-order valence-electron chi connectivity index (χ3n) is 5.05. The number of aryl methyl sites for hydroxylation is 1. The van der Waals surface area contributed by atoms with Crippen LogP contribution in [0, 0.1) is 6.92 Å². The topological polar surface area (TPSA) is 97.8 Å². The zero-order chi connectivity index (χ0) is 22.6. The molecule has 0 fully saturated rings. The monoisotopic (exact) mass is 443 g/mol. The molecule has 1 aromatic heterocycles. The van der Waals surface area contributed by atoms with Gasteiger partial charge in [0.15, 0.2) is 5.13 Å². The fraction of sp³-hybridized carbons (Fsp3) is 0.0800. The van der Waals surface area contributed by atoms with E-state index in [1.165, 1.54) is 11.3 Å². The number of carbonyl (C=O) groups is 1. The number of hydrogen-bond donors (Lipinski definition) is 2. The SMILES string of the molecule is Cc1sc(N)nc1/C(=N/OC(c1ccccc1)(c1ccccc1)c1ccccc1)C(=O)O. The first-order valence-corrected chi connectivity index (χ1v) is 10.7. The number of carboxylic acid groups (broad SMARTS) is 1. The smallest absolute Gasteiger partial charge is 0.360 e. The van der Waals surface area contributed by atoms with Gasteiger partial charge in [0.2, 0.25) is 11.3 Å². The van der Waals surface area contributed by atoms with E-state index in [-0.39, 0.29) is 16.5 Å². The third kappa shape index (κ3) is 3.98. The number of hydrogen-bond acceptors (Lipinski definition) is 6. The van der Waals surface area contributed by atoms with Crippen molar-refractivity contribution in [3.63, 3.8) is 0 Å². The maximum atomic E-state index is 12.1. The van der Waals surface area contributed by atoms with E-state index in [1.807, 2.05) is 91.0 Å². The lowest BCUT2D eigenvalue weighted by molar-refractivity contribution is -0.129. The van der Waals surface area contributed by atoms with Crippen molar-refractivity contribution < 1.29 is 14.7 Å². The molecule has 0 unspecified atom stereocenters. The number of oxime groups is 1. The van der Waals surface area contributed by atoms with Crippen molar-refractivity contribution in [2.45, 2.75) is 12.5 Å². The van der Waals surface area contributed by atoms with Gasteiger partial charge in [-0.05, 0) is 6.92 Å². The molecule has 4 rings (SSSR count). The Hall–Kier alpha value is -3.97. The highest BCUT2D eigenvalue weighted by molar-refractivity contribution is 7.15. The number of aromatic nitrogens is 1. The van der Waals surface area contributed by atoms with Gasteiger partial charge < -0.3 is 15.7 Å². The van der Waals surface area contributed by atoms with E-state index >= 15 is 0 Å². The summed E-state index contributed by atoms with van der Waals surface area (Å²) in [7, 11) is 0. The second-order valence-corrected chi connectivity index (χ2v) is 8.31. The van der Waals surface area contributed by atoms with Gasteiger partial charge in [-0.2, -0.15) is 0 Å². The Labute approximate surface area is 189 Å². The van der Waals surface area contributed by atoms with Crippen LogP contribution < -0.4 is 5.73 Å². The van der Waals surface area contributed by atoms with Crippen molar-refractivity contribution in [1.29, 1.82) is 0 Å². The summed E-state index contributed by atoms with van der Waals surface area (Å²) in [6, 6.07) is 28.8. The molecular formula is C25H21N3O3S. The molecule has 0 aliphatic carbocycles. The van der Waals surface area contributed by atoms with Crippen LogP contribution in [0.15, 0.2) is 96.2 Å². The summed E-state index contributed by atoms with van der Waals surface area (Å²) in [4.78, 5) is 23.2. The van der Waals surface area contributed by atoms with E-state index in [4.69, 9.17) is 10.6 Å². The summed E-state index contributed by atoms with van der Waals surface area (Å²) in [5.41, 5.74) is 6.92. The molecule has 0 radical (unpaired) electrons.